The van der Waals surface area contributed by atoms with E-state index in [9.17, 15) is 9.59 Å². The van der Waals surface area contributed by atoms with Gasteiger partial charge in [-0.15, -0.1) is 0 Å². The van der Waals surface area contributed by atoms with E-state index in [0.29, 0.717) is 66.1 Å². The number of rotatable bonds is 25. The van der Waals surface area contributed by atoms with E-state index in [1.807, 2.05) is 0 Å². The standard InChI is InChI=1S/C18H34O10S2/c19-17(20)1-3-23-5-7-25-9-11-27-13-15-29-30-16-14-28-12-10-26-8-6-24-4-2-18(21)22/h1-16H2,(H,19,20)(H,21,22). The van der Waals surface area contributed by atoms with Gasteiger partial charge in [0.15, 0.2) is 0 Å². The van der Waals surface area contributed by atoms with Crippen LogP contribution in [0.15, 0.2) is 0 Å². The second-order valence-corrected chi connectivity index (χ2v) is 8.31. The van der Waals surface area contributed by atoms with E-state index in [4.69, 9.17) is 38.6 Å². The summed E-state index contributed by atoms with van der Waals surface area (Å²) < 4.78 is 31.7. The van der Waals surface area contributed by atoms with E-state index in [-0.39, 0.29) is 26.1 Å². The average molecular weight is 475 g/mol. The van der Waals surface area contributed by atoms with E-state index in [0.717, 1.165) is 11.5 Å². The van der Waals surface area contributed by atoms with Crippen LogP contribution in [-0.2, 0) is 38.0 Å². The lowest BCUT2D eigenvalue weighted by molar-refractivity contribution is -0.139. The number of hydrogen-bond donors (Lipinski definition) is 2. The van der Waals surface area contributed by atoms with Gasteiger partial charge in [-0.1, -0.05) is 21.6 Å². The summed E-state index contributed by atoms with van der Waals surface area (Å²) >= 11 is 0. The molecule has 0 amide bonds. The van der Waals surface area contributed by atoms with Crippen molar-refractivity contribution in [3.8, 4) is 0 Å². The molecular formula is C18H34O10S2. The summed E-state index contributed by atoms with van der Waals surface area (Å²) in [6.45, 7) is 5.37. The van der Waals surface area contributed by atoms with Crippen LogP contribution in [0.3, 0.4) is 0 Å². The monoisotopic (exact) mass is 474 g/mol. The number of carboxylic acid groups (broad SMARTS) is 2. The highest BCUT2D eigenvalue weighted by atomic mass is 33.1. The number of hydrogen-bond acceptors (Lipinski definition) is 10. The van der Waals surface area contributed by atoms with Crippen LogP contribution in [0.1, 0.15) is 12.8 Å². The molecule has 0 aromatic carbocycles. The largest absolute Gasteiger partial charge is 0.481 e. The van der Waals surface area contributed by atoms with Gasteiger partial charge in [0.25, 0.3) is 0 Å². The van der Waals surface area contributed by atoms with Gasteiger partial charge in [0, 0.05) is 11.5 Å². The van der Waals surface area contributed by atoms with Crippen LogP contribution in [0.2, 0.25) is 0 Å². The van der Waals surface area contributed by atoms with Gasteiger partial charge in [-0.3, -0.25) is 9.59 Å². The summed E-state index contributed by atoms with van der Waals surface area (Å²) in [5.41, 5.74) is 0. The molecular weight excluding hydrogens is 440 g/mol. The Morgan fingerprint density at radius 3 is 1.03 bits per heavy atom. The third kappa shape index (κ3) is 27.4. The second kappa shape index (κ2) is 24.7. The number of carbonyl (C=O) groups is 2. The third-order valence-electron chi connectivity index (χ3n) is 3.11. The van der Waals surface area contributed by atoms with E-state index >= 15 is 0 Å². The van der Waals surface area contributed by atoms with Crippen LogP contribution >= 0.6 is 21.6 Å². The van der Waals surface area contributed by atoms with Gasteiger partial charge < -0.3 is 38.6 Å². The maximum absolute atomic E-state index is 10.3. The van der Waals surface area contributed by atoms with Gasteiger partial charge in [-0.05, 0) is 0 Å². The Morgan fingerprint density at radius 2 is 0.733 bits per heavy atom. The topological polar surface area (TPSA) is 130 Å². The van der Waals surface area contributed by atoms with Gasteiger partial charge in [-0.2, -0.15) is 0 Å². The molecule has 0 heterocycles. The molecule has 0 aliphatic heterocycles. The zero-order chi connectivity index (χ0) is 22.1. The molecule has 0 radical (unpaired) electrons. The van der Waals surface area contributed by atoms with Crippen molar-refractivity contribution in [2.75, 3.05) is 90.8 Å². The maximum Gasteiger partial charge on any atom is 0.305 e. The molecule has 12 heteroatoms. The van der Waals surface area contributed by atoms with Crippen LogP contribution in [0.25, 0.3) is 0 Å². The molecule has 30 heavy (non-hydrogen) atoms. The van der Waals surface area contributed by atoms with Gasteiger partial charge in [-0.25, -0.2) is 0 Å². The second-order valence-electron chi connectivity index (χ2n) is 5.61. The zero-order valence-corrected chi connectivity index (χ0v) is 18.9. The Hall–Kier alpha value is -0.600. The predicted octanol–water partition coefficient (Wildman–Crippen LogP) is 1.42. The molecule has 178 valence electrons. The van der Waals surface area contributed by atoms with Gasteiger partial charge >= 0.3 is 11.9 Å². The summed E-state index contributed by atoms with van der Waals surface area (Å²) in [5, 5.41) is 16.9. The van der Waals surface area contributed by atoms with E-state index in [2.05, 4.69) is 0 Å². The molecule has 0 fully saturated rings. The summed E-state index contributed by atoms with van der Waals surface area (Å²) in [4.78, 5) is 20.5. The first kappa shape index (κ1) is 29.4. The van der Waals surface area contributed by atoms with Crippen LogP contribution in [-0.4, -0.2) is 113 Å². The van der Waals surface area contributed by atoms with Crippen molar-refractivity contribution in [1.29, 1.82) is 0 Å². The summed E-state index contributed by atoms with van der Waals surface area (Å²) in [7, 11) is 3.46. The number of aliphatic carboxylic acids is 2. The zero-order valence-electron chi connectivity index (χ0n) is 17.3. The van der Waals surface area contributed by atoms with Crippen molar-refractivity contribution in [3.05, 3.63) is 0 Å². The highest BCUT2D eigenvalue weighted by Gasteiger charge is 1.98. The molecule has 0 aromatic rings. The van der Waals surface area contributed by atoms with Gasteiger partial charge in [0.05, 0.1) is 92.1 Å². The fraction of sp³-hybridized carbons (Fsp3) is 0.889. The molecule has 0 unspecified atom stereocenters. The van der Waals surface area contributed by atoms with Crippen molar-refractivity contribution in [1.82, 2.24) is 0 Å². The van der Waals surface area contributed by atoms with E-state index in [1.54, 1.807) is 21.6 Å². The molecule has 0 saturated carbocycles. The minimum absolute atomic E-state index is 0.00792. The molecule has 0 aliphatic carbocycles. The molecule has 10 nitrogen and oxygen atoms in total. The molecule has 0 saturated heterocycles. The van der Waals surface area contributed by atoms with Crippen LogP contribution < -0.4 is 0 Å². The van der Waals surface area contributed by atoms with Crippen LogP contribution in [0, 0.1) is 0 Å². The fourth-order valence-corrected chi connectivity index (χ4v) is 3.43. The molecule has 0 rings (SSSR count). The highest BCUT2D eigenvalue weighted by Crippen LogP contribution is 2.20. The lowest BCUT2D eigenvalue weighted by Crippen LogP contribution is -2.12. The number of ether oxygens (including phenoxy) is 6. The Bertz CT molecular complexity index is 365. The minimum atomic E-state index is -0.867. The van der Waals surface area contributed by atoms with Crippen molar-refractivity contribution in [2.45, 2.75) is 12.8 Å². The minimum Gasteiger partial charge on any atom is -0.481 e. The quantitative estimate of drug-likeness (QED) is 0.147. The average Bonchev–Trinajstić information content (AvgIpc) is 2.70. The van der Waals surface area contributed by atoms with Crippen molar-refractivity contribution >= 4 is 33.5 Å². The molecule has 0 spiro atoms. The molecule has 0 atom stereocenters. The predicted molar refractivity (Wildman–Crippen MR) is 114 cm³/mol. The summed E-state index contributed by atoms with van der Waals surface area (Å²) in [6.07, 6.45) is 0.0158. The highest BCUT2D eigenvalue weighted by molar-refractivity contribution is 8.76. The number of carboxylic acids is 2. The third-order valence-corrected chi connectivity index (χ3v) is 5.45. The van der Waals surface area contributed by atoms with Gasteiger partial charge in [0.1, 0.15) is 0 Å². The van der Waals surface area contributed by atoms with Crippen molar-refractivity contribution < 1.29 is 48.2 Å². The Kier molecular flexibility index (Phi) is 24.2. The first-order valence-corrected chi connectivity index (χ1v) is 12.3. The smallest absolute Gasteiger partial charge is 0.305 e. The van der Waals surface area contributed by atoms with Crippen LogP contribution in [0.4, 0.5) is 0 Å². The van der Waals surface area contributed by atoms with Crippen LogP contribution in [0.5, 0.6) is 0 Å². The summed E-state index contributed by atoms with van der Waals surface area (Å²) in [5.74, 6) is 0.0308. The lowest BCUT2D eigenvalue weighted by Gasteiger charge is -2.07. The Morgan fingerprint density at radius 1 is 0.467 bits per heavy atom. The Labute approximate surface area is 185 Å². The molecule has 2 N–H and O–H groups in total. The summed E-state index contributed by atoms with van der Waals surface area (Å²) in [6, 6.07) is 0. The van der Waals surface area contributed by atoms with Crippen molar-refractivity contribution in [2.24, 2.45) is 0 Å². The van der Waals surface area contributed by atoms with Gasteiger partial charge in [0.2, 0.25) is 0 Å². The first-order chi connectivity index (χ1) is 14.6. The molecule has 0 aromatic heterocycles. The fourth-order valence-electron chi connectivity index (χ4n) is 1.71. The normalized spacial score (nSPS) is 11.1. The van der Waals surface area contributed by atoms with E-state index in [1.165, 1.54) is 0 Å². The molecule has 0 bridgehead atoms. The lowest BCUT2D eigenvalue weighted by atomic mass is 10.5. The SMILES string of the molecule is O=C(O)CCOCCOCCOCCSSCCOCCOCCOCCC(=O)O. The molecule has 0 aliphatic rings. The Balaban J connectivity index is 3.02. The maximum atomic E-state index is 10.3. The van der Waals surface area contributed by atoms with Crippen molar-refractivity contribution in [3.63, 3.8) is 0 Å². The van der Waals surface area contributed by atoms with E-state index < -0.39 is 11.9 Å². The first-order valence-electron chi connectivity index (χ1n) is 9.77.